The molecule has 1 fully saturated rings. The van der Waals surface area contributed by atoms with Crippen LogP contribution in [0.1, 0.15) is 44.7 Å². The Hall–Kier alpha value is -0.350. The van der Waals surface area contributed by atoms with Crippen molar-refractivity contribution in [3.63, 3.8) is 0 Å². The molecule has 0 aromatic heterocycles. The molecule has 118 valence electrons. The second-order valence-corrected chi connectivity index (χ2v) is 6.70. The summed E-state index contributed by atoms with van der Waals surface area (Å²) in [6, 6.07) is 3.30. The lowest BCUT2D eigenvalue weighted by Crippen LogP contribution is -2.47. The van der Waals surface area contributed by atoms with Crippen LogP contribution >= 0.6 is 23.2 Å². The number of nitrogens with zero attached hydrogens (tertiary/aromatic N) is 1. The highest BCUT2D eigenvalue weighted by molar-refractivity contribution is 6.35. The van der Waals surface area contributed by atoms with Crippen molar-refractivity contribution in [3.8, 4) is 0 Å². The molecule has 2 rings (SSSR count). The van der Waals surface area contributed by atoms with Gasteiger partial charge >= 0.3 is 0 Å². The van der Waals surface area contributed by atoms with Crippen LogP contribution in [0.4, 0.5) is 4.39 Å². The van der Waals surface area contributed by atoms with Crippen LogP contribution in [0.2, 0.25) is 10.0 Å². The Balaban J connectivity index is 2.22. The van der Waals surface area contributed by atoms with Crippen molar-refractivity contribution in [2.24, 2.45) is 11.7 Å². The Labute approximate surface area is 136 Å². The van der Waals surface area contributed by atoms with E-state index in [1.54, 1.807) is 0 Å². The molecule has 0 spiro atoms. The van der Waals surface area contributed by atoms with Crippen LogP contribution in [0.15, 0.2) is 12.1 Å². The topological polar surface area (TPSA) is 29.3 Å². The predicted molar refractivity (Wildman–Crippen MR) is 87.4 cm³/mol. The molecule has 0 saturated carbocycles. The van der Waals surface area contributed by atoms with Crippen molar-refractivity contribution in [3.05, 3.63) is 33.6 Å². The monoisotopic (exact) mass is 332 g/mol. The molecule has 3 unspecified atom stereocenters. The highest BCUT2D eigenvalue weighted by atomic mass is 35.5. The smallest absolute Gasteiger partial charge is 0.142 e. The fraction of sp³-hybridized carbons (Fsp3) is 0.625. The fourth-order valence-electron chi connectivity index (χ4n) is 3.30. The molecule has 1 heterocycles. The van der Waals surface area contributed by atoms with Gasteiger partial charge in [0.1, 0.15) is 5.82 Å². The lowest BCUT2D eigenvalue weighted by Gasteiger charge is -2.42. The SMILES string of the molecule is CCC1CCN(C(C)c2cc(F)c(Cl)cc2Cl)C(CN)C1. The van der Waals surface area contributed by atoms with Crippen molar-refractivity contribution in [2.75, 3.05) is 13.1 Å². The van der Waals surface area contributed by atoms with Gasteiger partial charge in [0.05, 0.1) is 5.02 Å². The minimum absolute atomic E-state index is 0.0376. The number of rotatable bonds is 4. The van der Waals surface area contributed by atoms with E-state index in [0.29, 0.717) is 17.6 Å². The second-order valence-electron chi connectivity index (χ2n) is 5.89. The molecular formula is C16H23Cl2FN2. The zero-order valence-electron chi connectivity index (χ0n) is 12.6. The lowest BCUT2D eigenvalue weighted by molar-refractivity contribution is 0.0772. The second kappa shape index (κ2) is 7.28. The Kier molecular flexibility index (Phi) is 5.89. The molecule has 1 saturated heterocycles. The number of halogens is 3. The lowest BCUT2D eigenvalue weighted by atomic mass is 9.87. The first-order valence-corrected chi connectivity index (χ1v) is 8.33. The van der Waals surface area contributed by atoms with Gasteiger partial charge in [-0.25, -0.2) is 4.39 Å². The van der Waals surface area contributed by atoms with E-state index in [2.05, 4.69) is 18.7 Å². The van der Waals surface area contributed by atoms with Gasteiger partial charge < -0.3 is 5.73 Å². The predicted octanol–water partition coefficient (Wildman–Crippen LogP) is 4.64. The van der Waals surface area contributed by atoms with Gasteiger partial charge in [-0.05, 0) is 49.9 Å². The average molecular weight is 333 g/mol. The highest BCUT2D eigenvalue weighted by Crippen LogP contribution is 2.36. The van der Waals surface area contributed by atoms with Crippen LogP contribution in [0.5, 0.6) is 0 Å². The molecule has 1 aliphatic rings. The van der Waals surface area contributed by atoms with Crippen molar-refractivity contribution >= 4 is 23.2 Å². The van der Waals surface area contributed by atoms with Crippen LogP contribution in [-0.2, 0) is 0 Å². The zero-order chi connectivity index (χ0) is 15.6. The standard InChI is InChI=1S/C16H23Cl2FN2/c1-3-11-4-5-21(12(6-11)9-20)10(2)13-7-16(19)15(18)8-14(13)17/h7-8,10-12H,3-6,9,20H2,1-2H3. The zero-order valence-corrected chi connectivity index (χ0v) is 14.1. The van der Waals surface area contributed by atoms with Gasteiger partial charge in [-0.1, -0.05) is 36.5 Å². The van der Waals surface area contributed by atoms with E-state index in [9.17, 15) is 4.39 Å². The number of piperidine rings is 1. The maximum atomic E-state index is 13.7. The molecule has 21 heavy (non-hydrogen) atoms. The van der Waals surface area contributed by atoms with Gasteiger partial charge in [0.25, 0.3) is 0 Å². The third-order valence-electron chi connectivity index (χ3n) is 4.71. The van der Waals surface area contributed by atoms with Crippen LogP contribution in [0.25, 0.3) is 0 Å². The van der Waals surface area contributed by atoms with E-state index in [0.717, 1.165) is 30.9 Å². The minimum atomic E-state index is -0.421. The van der Waals surface area contributed by atoms with Gasteiger partial charge in [-0.2, -0.15) is 0 Å². The van der Waals surface area contributed by atoms with Crippen LogP contribution in [0.3, 0.4) is 0 Å². The van der Waals surface area contributed by atoms with Crippen molar-refractivity contribution in [1.29, 1.82) is 0 Å². The van der Waals surface area contributed by atoms with Gasteiger partial charge in [0, 0.05) is 23.7 Å². The molecule has 0 radical (unpaired) electrons. The molecule has 0 bridgehead atoms. The first-order valence-electron chi connectivity index (χ1n) is 7.58. The van der Waals surface area contributed by atoms with Gasteiger partial charge in [-0.3, -0.25) is 4.90 Å². The maximum absolute atomic E-state index is 13.7. The van der Waals surface area contributed by atoms with Gasteiger partial charge in [0.15, 0.2) is 0 Å². The molecule has 2 N–H and O–H groups in total. The van der Waals surface area contributed by atoms with Crippen molar-refractivity contribution < 1.29 is 4.39 Å². The van der Waals surface area contributed by atoms with E-state index in [1.807, 2.05) is 0 Å². The maximum Gasteiger partial charge on any atom is 0.142 e. The van der Waals surface area contributed by atoms with Crippen LogP contribution in [0, 0.1) is 11.7 Å². The summed E-state index contributed by atoms with van der Waals surface area (Å²) in [4.78, 5) is 2.35. The summed E-state index contributed by atoms with van der Waals surface area (Å²) in [6.45, 7) is 5.88. The van der Waals surface area contributed by atoms with Crippen molar-refractivity contribution in [1.82, 2.24) is 4.90 Å². The third kappa shape index (κ3) is 3.70. The summed E-state index contributed by atoms with van der Waals surface area (Å²) in [6.07, 6.45) is 3.45. The summed E-state index contributed by atoms with van der Waals surface area (Å²) in [5.74, 6) is 0.315. The fourth-order valence-corrected chi connectivity index (χ4v) is 3.84. The van der Waals surface area contributed by atoms with E-state index < -0.39 is 5.82 Å². The molecule has 5 heteroatoms. The highest BCUT2D eigenvalue weighted by Gasteiger charge is 2.31. The van der Waals surface area contributed by atoms with E-state index in [1.165, 1.54) is 18.6 Å². The molecule has 1 aromatic carbocycles. The van der Waals surface area contributed by atoms with Crippen LogP contribution in [-0.4, -0.2) is 24.0 Å². The summed E-state index contributed by atoms with van der Waals surface area (Å²) in [5, 5.41) is 0.582. The summed E-state index contributed by atoms with van der Waals surface area (Å²) < 4.78 is 13.7. The van der Waals surface area contributed by atoms with Gasteiger partial charge in [-0.15, -0.1) is 0 Å². The quantitative estimate of drug-likeness (QED) is 0.813. The summed E-state index contributed by atoms with van der Waals surface area (Å²) in [7, 11) is 0. The molecule has 0 amide bonds. The van der Waals surface area contributed by atoms with E-state index in [-0.39, 0.29) is 11.1 Å². The molecule has 2 nitrogen and oxygen atoms in total. The number of nitrogens with two attached hydrogens (primary N) is 1. The molecule has 1 aromatic rings. The Bertz CT molecular complexity index is 495. The third-order valence-corrected chi connectivity index (χ3v) is 5.32. The largest absolute Gasteiger partial charge is 0.329 e. The Morgan fingerprint density at radius 3 is 2.71 bits per heavy atom. The Morgan fingerprint density at radius 2 is 2.10 bits per heavy atom. The number of benzene rings is 1. The number of hydrogen-bond donors (Lipinski definition) is 1. The molecular weight excluding hydrogens is 310 g/mol. The first kappa shape index (κ1) is 17.0. The van der Waals surface area contributed by atoms with E-state index in [4.69, 9.17) is 28.9 Å². The van der Waals surface area contributed by atoms with Gasteiger partial charge in [0.2, 0.25) is 0 Å². The normalized spacial score (nSPS) is 25.0. The molecule has 0 aliphatic carbocycles. The minimum Gasteiger partial charge on any atom is -0.329 e. The summed E-state index contributed by atoms with van der Waals surface area (Å²) >= 11 is 12.0. The average Bonchev–Trinajstić information content (AvgIpc) is 2.49. The molecule has 3 atom stereocenters. The Morgan fingerprint density at radius 1 is 1.38 bits per heavy atom. The van der Waals surface area contributed by atoms with Crippen LogP contribution < -0.4 is 5.73 Å². The first-order chi connectivity index (χ1) is 9.97. The number of likely N-dealkylation sites (tertiary alicyclic amines) is 1. The molecule has 1 aliphatic heterocycles. The van der Waals surface area contributed by atoms with E-state index >= 15 is 0 Å². The van der Waals surface area contributed by atoms with Crippen molar-refractivity contribution in [2.45, 2.75) is 45.2 Å². The summed E-state index contributed by atoms with van der Waals surface area (Å²) in [5.41, 5.74) is 6.73. The number of hydrogen-bond acceptors (Lipinski definition) is 2.